The smallest absolute Gasteiger partial charge is 0.275 e. The highest BCUT2D eigenvalue weighted by Crippen LogP contribution is 2.23. The monoisotopic (exact) mass is 564 g/mol. The first kappa shape index (κ1) is 21.3. The van der Waals surface area contributed by atoms with Crippen LogP contribution in [0, 0.1) is 3.57 Å². The molecule has 29 heavy (non-hydrogen) atoms. The van der Waals surface area contributed by atoms with Crippen molar-refractivity contribution in [1.82, 2.24) is 5.43 Å². The molecule has 7 heteroatoms. The van der Waals surface area contributed by atoms with E-state index < -0.39 is 0 Å². The van der Waals surface area contributed by atoms with Crippen LogP contribution in [0.15, 0.2) is 76.3 Å². The topological polar surface area (TPSA) is 59.9 Å². The van der Waals surface area contributed by atoms with Gasteiger partial charge in [0.2, 0.25) is 0 Å². The normalized spacial score (nSPS) is 10.7. The average molecular weight is 565 g/mol. The van der Waals surface area contributed by atoms with Crippen molar-refractivity contribution < 1.29 is 14.3 Å². The highest BCUT2D eigenvalue weighted by atomic mass is 127. The number of carbonyl (C=O) groups is 1. The number of hydrogen-bond acceptors (Lipinski definition) is 4. The molecule has 148 valence electrons. The van der Waals surface area contributed by atoms with Crippen LogP contribution in [0.5, 0.6) is 11.5 Å². The summed E-state index contributed by atoms with van der Waals surface area (Å²) in [5, 5.41) is 4.07. The number of amides is 1. The third-order valence-corrected chi connectivity index (χ3v) is 5.21. The van der Waals surface area contributed by atoms with Gasteiger partial charge in [-0.2, -0.15) is 5.10 Å². The Balaban J connectivity index is 1.67. The van der Waals surface area contributed by atoms with E-state index in [0.717, 1.165) is 15.6 Å². The Morgan fingerprint density at radius 2 is 1.86 bits per heavy atom. The summed E-state index contributed by atoms with van der Waals surface area (Å²) in [5.74, 6) is 0.794. The van der Waals surface area contributed by atoms with E-state index in [1.165, 1.54) is 10.7 Å². The van der Waals surface area contributed by atoms with Gasteiger partial charge < -0.3 is 9.47 Å². The van der Waals surface area contributed by atoms with E-state index in [0.29, 0.717) is 23.7 Å². The summed E-state index contributed by atoms with van der Waals surface area (Å²) < 4.78 is 13.1. The molecule has 3 rings (SSSR count). The van der Waals surface area contributed by atoms with Crippen molar-refractivity contribution in [3.05, 3.63) is 91.5 Å². The number of nitrogens with zero attached hydrogens (tertiary/aromatic N) is 1. The summed E-state index contributed by atoms with van der Waals surface area (Å²) >= 11 is 5.63. The maximum absolute atomic E-state index is 12.4. The molecule has 3 aromatic carbocycles. The van der Waals surface area contributed by atoms with Crippen molar-refractivity contribution in [2.24, 2.45) is 5.10 Å². The van der Waals surface area contributed by atoms with Crippen LogP contribution in [-0.2, 0) is 6.61 Å². The van der Waals surface area contributed by atoms with E-state index in [1.54, 1.807) is 24.4 Å². The van der Waals surface area contributed by atoms with Gasteiger partial charge in [-0.05, 0) is 70.6 Å². The molecule has 0 heterocycles. The zero-order valence-corrected chi connectivity index (χ0v) is 19.3. The van der Waals surface area contributed by atoms with Gasteiger partial charge in [-0.1, -0.05) is 40.2 Å². The number of benzene rings is 3. The number of ether oxygens (including phenoxy) is 2. The Hall–Kier alpha value is -2.39. The second-order valence-corrected chi connectivity index (χ2v) is 8.16. The summed E-state index contributed by atoms with van der Waals surface area (Å²) in [6.07, 6.45) is 1.56. The number of halogens is 2. The number of carbonyl (C=O) groups excluding carboxylic acids is 1. The van der Waals surface area contributed by atoms with Crippen molar-refractivity contribution in [2.75, 3.05) is 7.11 Å². The number of hydrazone groups is 1. The van der Waals surface area contributed by atoms with Crippen LogP contribution in [0.2, 0.25) is 0 Å². The van der Waals surface area contributed by atoms with Gasteiger partial charge in [-0.15, -0.1) is 0 Å². The minimum absolute atomic E-state index is 0.364. The lowest BCUT2D eigenvalue weighted by molar-refractivity contribution is 0.0952. The molecule has 5 nitrogen and oxygen atoms in total. The second-order valence-electron chi connectivity index (χ2n) is 6.00. The number of methoxy groups -OCH3 is 1. The SMILES string of the molecule is COc1ccc(Br)cc1C(=O)N/N=C\c1ccccc1OCc1ccc(I)cc1. The Morgan fingerprint density at radius 1 is 1.10 bits per heavy atom. The minimum Gasteiger partial charge on any atom is -0.496 e. The maximum atomic E-state index is 12.4. The molecule has 0 saturated carbocycles. The third-order valence-electron chi connectivity index (χ3n) is 4.00. The van der Waals surface area contributed by atoms with Crippen LogP contribution in [0.25, 0.3) is 0 Å². The quantitative estimate of drug-likeness (QED) is 0.237. The van der Waals surface area contributed by atoms with Crippen LogP contribution in [-0.4, -0.2) is 19.2 Å². The molecule has 0 aromatic heterocycles. The molecule has 0 unspecified atom stereocenters. The Kier molecular flexibility index (Phi) is 7.65. The number of hydrogen-bond donors (Lipinski definition) is 1. The van der Waals surface area contributed by atoms with E-state index in [1.807, 2.05) is 48.5 Å². The summed E-state index contributed by atoms with van der Waals surface area (Å²) in [6.45, 7) is 0.448. The number of para-hydroxylation sites is 1. The van der Waals surface area contributed by atoms with Crippen LogP contribution < -0.4 is 14.9 Å². The van der Waals surface area contributed by atoms with Gasteiger partial charge in [-0.3, -0.25) is 4.79 Å². The summed E-state index contributed by atoms with van der Waals surface area (Å²) in [6, 6.07) is 20.9. The summed E-state index contributed by atoms with van der Waals surface area (Å²) in [4.78, 5) is 12.4. The highest BCUT2D eigenvalue weighted by molar-refractivity contribution is 14.1. The van der Waals surface area contributed by atoms with Gasteiger partial charge in [0.1, 0.15) is 18.1 Å². The van der Waals surface area contributed by atoms with Crippen LogP contribution >= 0.6 is 38.5 Å². The molecule has 1 N–H and O–H groups in total. The molecular weight excluding hydrogens is 547 g/mol. The predicted molar refractivity (Wildman–Crippen MR) is 126 cm³/mol. The van der Waals surface area contributed by atoms with Gasteiger partial charge in [0, 0.05) is 13.6 Å². The lowest BCUT2D eigenvalue weighted by Crippen LogP contribution is -2.18. The molecule has 0 bridgehead atoms. The lowest BCUT2D eigenvalue weighted by atomic mass is 10.2. The van der Waals surface area contributed by atoms with E-state index >= 15 is 0 Å². The summed E-state index contributed by atoms with van der Waals surface area (Å²) in [5.41, 5.74) is 4.76. The summed E-state index contributed by atoms with van der Waals surface area (Å²) in [7, 11) is 1.52. The van der Waals surface area contributed by atoms with E-state index in [2.05, 4.69) is 49.0 Å². The second kappa shape index (κ2) is 10.4. The molecule has 0 atom stereocenters. The lowest BCUT2D eigenvalue weighted by Gasteiger charge is -2.09. The highest BCUT2D eigenvalue weighted by Gasteiger charge is 2.12. The van der Waals surface area contributed by atoms with Gasteiger partial charge in [0.25, 0.3) is 5.91 Å². The van der Waals surface area contributed by atoms with Gasteiger partial charge in [-0.25, -0.2) is 5.43 Å². The Morgan fingerprint density at radius 3 is 2.62 bits per heavy atom. The Bertz CT molecular complexity index is 1020. The first-order valence-electron chi connectivity index (χ1n) is 8.70. The van der Waals surface area contributed by atoms with Gasteiger partial charge >= 0.3 is 0 Å². The van der Waals surface area contributed by atoms with Crippen molar-refractivity contribution in [3.8, 4) is 11.5 Å². The maximum Gasteiger partial charge on any atom is 0.275 e. The zero-order chi connectivity index (χ0) is 20.6. The van der Waals surface area contributed by atoms with Gasteiger partial charge in [0.05, 0.1) is 18.9 Å². The van der Waals surface area contributed by atoms with Gasteiger partial charge in [0.15, 0.2) is 0 Å². The van der Waals surface area contributed by atoms with Crippen molar-refractivity contribution in [2.45, 2.75) is 6.61 Å². The fourth-order valence-electron chi connectivity index (χ4n) is 2.54. The van der Waals surface area contributed by atoms with E-state index in [-0.39, 0.29) is 5.91 Å². The molecule has 3 aromatic rings. The molecule has 0 aliphatic rings. The molecule has 1 amide bonds. The molecule has 0 aliphatic heterocycles. The fourth-order valence-corrected chi connectivity index (χ4v) is 3.26. The standard InChI is InChI=1S/C22H18BrIN2O3/c1-28-21-11-8-17(23)12-19(21)22(27)26-25-13-16-4-2-3-5-20(16)29-14-15-6-9-18(24)10-7-15/h2-13H,14H2,1H3,(H,26,27)/b25-13-. The first-order chi connectivity index (χ1) is 14.1. The first-order valence-corrected chi connectivity index (χ1v) is 10.6. The number of nitrogens with one attached hydrogen (secondary N) is 1. The molecule has 0 aliphatic carbocycles. The molecule has 0 fully saturated rings. The minimum atomic E-state index is -0.364. The van der Waals surface area contributed by atoms with Crippen molar-refractivity contribution in [3.63, 3.8) is 0 Å². The third kappa shape index (κ3) is 6.04. The molecule has 0 radical (unpaired) electrons. The average Bonchev–Trinajstić information content (AvgIpc) is 2.74. The van der Waals surface area contributed by atoms with E-state index in [9.17, 15) is 4.79 Å². The predicted octanol–water partition coefficient (Wildman–Crippen LogP) is 5.41. The van der Waals surface area contributed by atoms with Crippen molar-refractivity contribution >= 4 is 50.6 Å². The molecular formula is C22H18BrIN2O3. The Labute approximate surface area is 191 Å². The molecule has 0 spiro atoms. The van der Waals surface area contributed by atoms with Crippen LogP contribution in [0.1, 0.15) is 21.5 Å². The van der Waals surface area contributed by atoms with Crippen LogP contribution in [0.4, 0.5) is 0 Å². The zero-order valence-electron chi connectivity index (χ0n) is 15.6. The fraction of sp³-hybridized carbons (Fsp3) is 0.0909. The molecule has 0 saturated heterocycles. The van der Waals surface area contributed by atoms with E-state index in [4.69, 9.17) is 9.47 Å². The number of rotatable bonds is 7. The van der Waals surface area contributed by atoms with Crippen molar-refractivity contribution in [1.29, 1.82) is 0 Å². The van der Waals surface area contributed by atoms with Crippen LogP contribution in [0.3, 0.4) is 0 Å². The largest absolute Gasteiger partial charge is 0.496 e.